The van der Waals surface area contributed by atoms with E-state index in [0.29, 0.717) is 18.7 Å². The third-order valence-electron chi connectivity index (χ3n) is 5.33. The third kappa shape index (κ3) is 5.60. The summed E-state index contributed by atoms with van der Waals surface area (Å²) < 4.78 is 29.7. The Morgan fingerprint density at radius 1 is 1.21 bits per heavy atom. The van der Waals surface area contributed by atoms with Crippen LogP contribution in [0.5, 0.6) is 5.75 Å². The second-order valence-electron chi connectivity index (χ2n) is 8.67. The molecule has 2 aromatic rings. The van der Waals surface area contributed by atoms with Crippen LogP contribution in [-0.4, -0.2) is 43.4 Å². The number of rotatable bonds is 6. The van der Waals surface area contributed by atoms with Gasteiger partial charge in [0.25, 0.3) is 5.91 Å². The van der Waals surface area contributed by atoms with Crippen molar-refractivity contribution in [3.8, 4) is 5.75 Å². The summed E-state index contributed by atoms with van der Waals surface area (Å²) in [6, 6.07) is 9.50. The number of thiophene rings is 1. The van der Waals surface area contributed by atoms with Gasteiger partial charge >= 0.3 is 0 Å². The second kappa shape index (κ2) is 8.48. The van der Waals surface area contributed by atoms with E-state index >= 15 is 0 Å². The van der Waals surface area contributed by atoms with Crippen molar-refractivity contribution in [2.45, 2.75) is 52.1 Å². The first-order valence-corrected chi connectivity index (χ1v) is 12.5. The average molecular weight is 436 g/mol. The molecule has 29 heavy (non-hydrogen) atoms. The van der Waals surface area contributed by atoms with Crippen LogP contribution in [0.4, 0.5) is 0 Å². The number of ether oxygens (including phenoxy) is 1. The highest BCUT2D eigenvalue weighted by molar-refractivity contribution is 7.91. The van der Waals surface area contributed by atoms with Gasteiger partial charge in [-0.05, 0) is 53.5 Å². The number of amides is 1. The van der Waals surface area contributed by atoms with Gasteiger partial charge in [0.05, 0.1) is 18.1 Å². The van der Waals surface area contributed by atoms with Crippen molar-refractivity contribution < 1.29 is 17.9 Å². The van der Waals surface area contributed by atoms with E-state index in [-0.39, 0.29) is 35.5 Å². The molecule has 0 bridgehead atoms. The van der Waals surface area contributed by atoms with Crippen LogP contribution in [-0.2, 0) is 26.6 Å². The molecule has 2 heterocycles. The number of benzene rings is 1. The lowest BCUT2D eigenvalue weighted by atomic mass is 9.87. The molecule has 1 fully saturated rings. The predicted molar refractivity (Wildman–Crippen MR) is 117 cm³/mol. The Hall–Kier alpha value is -1.86. The summed E-state index contributed by atoms with van der Waals surface area (Å²) in [5, 5.41) is 1.99. The molecule has 1 aliphatic rings. The summed E-state index contributed by atoms with van der Waals surface area (Å²) >= 11 is 1.59. The van der Waals surface area contributed by atoms with Gasteiger partial charge in [0.2, 0.25) is 0 Å². The molecule has 7 heteroatoms. The summed E-state index contributed by atoms with van der Waals surface area (Å²) in [4.78, 5) is 15.8. The van der Waals surface area contributed by atoms with Crippen molar-refractivity contribution in [2.24, 2.45) is 0 Å². The van der Waals surface area contributed by atoms with Gasteiger partial charge in [0, 0.05) is 10.9 Å². The highest BCUT2D eigenvalue weighted by Gasteiger charge is 2.35. The van der Waals surface area contributed by atoms with Crippen LogP contribution < -0.4 is 4.74 Å². The Morgan fingerprint density at radius 2 is 1.90 bits per heavy atom. The topological polar surface area (TPSA) is 63.7 Å². The van der Waals surface area contributed by atoms with E-state index in [1.807, 2.05) is 42.6 Å². The fourth-order valence-electron chi connectivity index (χ4n) is 3.44. The Kier molecular flexibility index (Phi) is 6.39. The standard InChI is InChI=1S/C22H29NO4S2/c1-16-9-11-28-20(16)13-23(18-10-12-29(25,26)15-18)21(24)14-27-19-7-5-17(6-8-19)22(2,3)4/h5-9,11,18H,10,12-15H2,1-4H3/t18-/m0/s1. The van der Waals surface area contributed by atoms with Crippen molar-refractivity contribution >= 4 is 27.1 Å². The first-order chi connectivity index (χ1) is 13.5. The Bertz CT molecular complexity index is 955. The van der Waals surface area contributed by atoms with Crippen LogP contribution in [0.3, 0.4) is 0 Å². The van der Waals surface area contributed by atoms with E-state index in [2.05, 4.69) is 20.8 Å². The predicted octanol–water partition coefficient (Wildman–Crippen LogP) is 3.95. The number of carbonyl (C=O) groups is 1. The van der Waals surface area contributed by atoms with Crippen molar-refractivity contribution in [2.75, 3.05) is 18.1 Å². The Balaban J connectivity index is 1.70. The highest BCUT2D eigenvalue weighted by atomic mass is 32.2. The molecule has 1 saturated heterocycles. The molecule has 158 valence electrons. The third-order valence-corrected chi connectivity index (χ3v) is 8.09. The van der Waals surface area contributed by atoms with Gasteiger partial charge in [0.1, 0.15) is 5.75 Å². The van der Waals surface area contributed by atoms with E-state index in [4.69, 9.17) is 4.74 Å². The Morgan fingerprint density at radius 3 is 2.41 bits per heavy atom. The van der Waals surface area contributed by atoms with Gasteiger partial charge in [-0.1, -0.05) is 32.9 Å². The van der Waals surface area contributed by atoms with Crippen LogP contribution in [0, 0.1) is 6.92 Å². The maximum absolute atomic E-state index is 13.0. The van der Waals surface area contributed by atoms with Crippen LogP contribution in [0.15, 0.2) is 35.7 Å². The molecule has 0 spiro atoms. The van der Waals surface area contributed by atoms with Gasteiger partial charge in [-0.25, -0.2) is 8.42 Å². The Labute approximate surface area is 177 Å². The molecule has 0 N–H and O–H groups in total. The summed E-state index contributed by atoms with van der Waals surface area (Å²) in [6.07, 6.45) is 0.485. The van der Waals surface area contributed by atoms with Crippen LogP contribution in [0.25, 0.3) is 0 Å². The fourth-order valence-corrected chi connectivity index (χ4v) is 6.08. The van der Waals surface area contributed by atoms with E-state index < -0.39 is 9.84 Å². The minimum absolute atomic E-state index is 0.0312. The number of hydrogen-bond acceptors (Lipinski definition) is 5. The molecule has 5 nitrogen and oxygen atoms in total. The molecular formula is C22H29NO4S2. The molecule has 0 radical (unpaired) electrons. The SMILES string of the molecule is Cc1ccsc1CN(C(=O)COc1ccc(C(C)(C)C)cc1)[C@H]1CCS(=O)(=O)C1. The number of aryl methyl sites for hydroxylation is 1. The van der Waals surface area contributed by atoms with Gasteiger partial charge in [0.15, 0.2) is 16.4 Å². The van der Waals surface area contributed by atoms with Crippen LogP contribution >= 0.6 is 11.3 Å². The molecule has 1 atom stereocenters. The van der Waals surface area contributed by atoms with E-state index in [0.717, 1.165) is 10.4 Å². The van der Waals surface area contributed by atoms with Crippen molar-refractivity contribution in [1.82, 2.24) is 4.90 Å². The number of sulfone groups is 1. The monoisotopic (exact) mass is 435 g/mol. The van der Waals surface area contributed by atoms with E-state index in [9.17, 15) is 13.2 Å². The molecule has 3 rings (SSSR count). The first kappa shape index (κ1) is 21.8. The maximum atomic E-state index is 13.0. The van der Waals surface area contributed by atoms with Gasteiger partial charge in [-0.3, -0.25) is 4.79 Å². The minimum atomic E-state index is -3.08. The number of nitrogens with zero attached hydrogens (tertiary/aromatic N) is 1. The molecule has 1 aromatic carbocycles. The molecule has 1 aromatic heterocycles. The highest BCUT2D eigenvalue weighted by Crippen LogP contribution is 2.26. The van der Waals surface area contributed by atoms with Gasteiger partial charge < -0.3 is 9.64 Å². The first-order valence-electron chi connectivity index (χ1n) is 9.81. The summed E-state index contributed by atoms with van der Waals surface area (Å²) in [5.74, 6) is 0.626. The number of carbonyl (C=O) groups excluding carboxylic acids is 1. The largest absolute Gasteiger partial charge is 0.484 e. The van der Waals surface area contributed by atoms with Gasteiger partial charge in [-0.2, -0.15) is 0 Å². The second-order valence-corrected chi connectivity index (χ2v) is 11.9. The van der Waals surface area contributed by atoms with Crippen LogP contribution in [0.1, 0.15) is 43.2 Å². The zero-order valence-corrected chi connectivity index (χ0v) is 19.1. The van der Waals surface area contributed by atoms with Crippen molar-refractivity contribution in [3.05, 3.63) is 51.7 Å². The molecule has 1 aliphatic heterocycles. The zero-order valence-electron chi connectivity index (χ0n) is 17.5. The average Bonchev–Trinajstić information content (AvgIpc) is 3.21. The lowest BCUT2D eigenvalue weighted by molar-refractivity contribution is -0.135. The quantitative estimate of drug-likeness (QED) is 0.689. The smallest absolute Gasteiger partial charge is 0.261 e. The summed E-state index contributed by atoms with van der Waals surface area (Å²) in [5.41, 5.74) is 2.37. The van der Waals surface area contributed by atoms with E-state index in [1.54, 1.807) is 16.2 Å². The fraction of sp³-hybridized carbons (Fsp3) is 0.500. The number of hydrogen-bond donors (Lipinski definition) is 0. The minimum Gasteiger partial charge on any atom is -0.484 e. The molecule has 0 unspecified atom stereocenters. The van der Waals surface area contributed by atoms with Crippen LogP contribution in [0.2, 0.25) is 0 Å². The van der Waals surface area contributed by atoms with Crippen molar-refractivity contribution in [3.63, 3.8) is 0 Å². The molecule has 0 aliphatic carbocycles. The lowest BCUT2D eigenvalue weighted by Crippen LogP contribution is -2.43. The van der Waals surface area contributed by atoms with Gasteiger partial charge in [-0.15, -0.1) is 11.3 Å². The molecule has 0 saturated carbocycles. The normalized spacial score (nSPS) is 18.6. The summed E-state index contributed by atoms with van der Waals surface area (Å²) in [7, 11) is -3.08. The van der Waals surface area contributed by atoms with Crippen molar-refractivity contribution in [1.29, 1.82) is 0 Å². The van der Waals surface area contributed by atoms with E-state index in [1.165, 1.54) is 5.56 Å². The molecule has 1 amide bonds. The zero-order chi connectivity index (χ0) is 21.2. The maximum Gasteiger partial charge on any atom is 0.261 e. The summed E-state index contributed by atoms with van der Waals surface area (Å²) in [6.45, 7) is 8.77. The lowest BCUT2D eigenvalue weighted by Gasteiger charge is -2.28. The molecular weight excluding hydrogens is 406 g/mol.